The summed E-state index contributed by atoms with van der Waals surface area (Å²) in [5.41, 5.74) is 0. The summed E-state index contributed by atoms with van der Waals surface area (Å²) in [5.74, 6) is 0. The highest BCUT2D eigenvalue weighted by molar-refractivity contribution is 7.55. The molecule has 0 rings (SSSR count). The maximum Gasteiger partial charge on any atom is 0.0970 e. The van der Waals surface area contributed by atoms with Crippen molar-refractivity contribution in [1.82, 2.24) is 4.90 Å². The molecule has 0 bridgehead atoms. The van der Waals surface area contributed by atoms with Crippen LogP contribution in [0.25, 0.3) is 0 Å². The molecule has 0 aliphatic carbocycles. The molecule has 9 heteroatoms. The lowest BCUT2D eigenvalue weighted by atomic mass is 10.5. The Morgan fingerprint density at radius 3 is 1.43 bits per heavy atom. The Hall–Kier alpha value is 0.580. The summed E-state index contributed by atoms with van der Waals surface area (Å²) in [6, 6.07) is 0. The fourth-order valence-electron chi connectivity index (χ4n) is 0.992. The second-order valence-electron chi connectivity index (χ2n) is 2.90. The Bertz CT molecular complexity index is 151. The zero-order chi connectivity index (χ0) is 11.4. The minimum atomic E-state index is -4.81. The molecule has 14 heavy (non-hydrogen) atoms. The van der Waals surface area contributed by atoms with Crippen molar-refractivity contribution in [3.8, 4) is 0 Å². The van der Waals surface area contributed by atoms with Crippen LogP contribution in [-0.4, -0.2) is 24.0 Å². The molecule has 0 aliphatic heterocycles. The van der Waals surface area contributed by atoms with Crippen LogP contribution in [0, 0.1) is 0 Å². The third-order valence-corrected chi connectivity index (χ3v) is 2.78. The first-order chi connectivity index (χ1) is 6.14. The molecule has 0 fully saturated rings. The van der Waals surface area contributed by atoms with E-state index in [9.17, 15) is 29.4 Å². The number of hydrogen-bond donors (Lipinski definition) is 0. The van der Waals surface area contributed by atoms with Gasteiger partial charge in [-0.1, -0.05) is 6.92 Å². The van der Waals surface area contributed by atoms with Crippen LogP contribution in [0.1, 0.15) is 13.3 Å². The van der Waals surface area contributed by atoms with Gasteiger partial charge in [0, 0.05) is 6.54 Å². The highest BCUT2D eigenvalue weighted by Crippen LogP contribution is 2.34. The zero-order valence-corrected chi connectivity index (χ0v) is 9.41. The van der Waals surface area contributed by atoms with Gasteiger partial charge in [-0.05, 0) is 6.42 Å². The Balaban J connectivity index is 4.16. The largest absolute Gasteiger partial charge is 0.687 e. The minimum Gasteiger partial charge on any atom is -0.687 e. The standard InChI is InChI=1S/C5H15NO6P2/c1-2-3-6(4-13(7,8)9)5-14(10,11)12/h2-5H2,1H3,(H2,7,8,9)(H2,10,11,12)/p-4. The van der Waals surface area contributed by atoms with Crippen LogP contribution in [-0.2, 0) is 0 Å². The molecule has 0 unspecified atom stereocenters. The fourth-order valence-corrected chi connectivity index (χ4v) is 2.61. The Morgan fingerprint density at radius 1 is 0.857 bits per heavy atom. The Kier molecular flexibility index (Phi) is 5.84. The van der Waals surface area contributed by atoms with Crippen molar-refractivity contribution < 1.29 is 29.4 Å². The molecule has 0 saturated carbocycles. The fraction of sp³-hybridized carbons (Fsp3) is 1.00. The molecule has 0 aromatic rings. The summed E-state index contributed by atoms with van der Waals surface area (Å²) in [4.78, 5) is 62.9. The van der Waals surface area contributed by atoms with E-state index in [0.717, 1.165) is 4.90 Å². The monoisotopic (exact) mass is 243 g/mol. The molecule has 0 radical (unpaired) electrons. The first-order valence-corrected chi connectivity index (χ1v) is 7.34. The summed E-state index contributed by atoms with van der Waals surface area (Å²) >= 11 is 0. The van der Waals surface area contributed by atoms with E-state index < -0.39 is 28.5 Å². The van der Waals surface area contributed by atoms with E-state index in [-0.39, 0.29) is 6.54 Å². The number of rotatable bonds is 6. The smallest absolute Gasteiger partial charge is 0.0970 e. The molecule has 0 atom stereocenters. The second kappa shape index (κ2) is 5.61. The van der Waals surface area contributed by atoms with Gasteiger partial charge in [0.1, 0.15) is 0 Å². The lowest BCUT2D eigenvalue weighted by Gasteiger charge is -2.49. The summed E-state index contributed by atoms with van der Waals surface area (Å²) in [6.07, 6.45) is -1.38. The third-order valence-electron chi connectivity index (χ3n) is 1.29. The topological polar surface area (TPSA) is 142 Å². The average Bonchev–Trinajstić information content (AvgIpc) is 1.78. The predicted octanol–water partition coefficient (Wildman–Crippen LogP) is -4.70. The molecule has 0 amide bonds. The minimum absolute atomic E-state index is 0.0863. The van der Waals surface area contributed by atoms with Crippen molar-refractivity contribution in [3.05, 3.63) is 0 Å². The van der Waals surface area contributed by atoms with Crippen molar-refractivity contribution in [2.45, 2.75) is 13.3 Å². The second-order valence-corrected chi connectivity index (χ2v) is 5.91. The van der Waals surface area contributed by atoms with E-state index in [1.165, 1.54) is 0 Å². The van der Waals surface area contributed by atoms with Crippen LogP contribution in [0.5, 0.6) is 0 Å². The van der Waals surface area contributed by atoms with Crippen LogP contribution in [0.15, 0.2) is 0 Å². The van der Waals surface area contributed by atoms with Crippen molar-refractivity contribution in [1.29, 1.82) is 0 Å². The quantitative estimate of drug-likeness (QED) is 0.426. The zero-order valence-electron chi connectivity index (χ0n) is 7.62. The lowest BCUT2D eigenvalue weighted by molar-refractivity contribution is -0.431. The highest BCUT2D eigenvalue weighted by atomic mass is 31.2. The van der Waals surface area contributed by atoms with Crippen LogP contribution in [0.3, 0.4) is 0 Å². The maximum absolute atomic E-state index is 10.3. The van der Waals surface area contributed by atoms with Crippen molar-refractivity contribution in [2.75, 3.05) is 19.1 Å². The van der Waals surface area contributed by atoms with E-state index in [2.05, 4.69) is 0 Å². The molecular formula is C5H11NO6P2-4. The summed E-state index contributed by atoms with van der Waals surface area (Å²) in [7, 11) is -9.62. The molecule has 7 nitrogen and oxygen atoms in total. The first kappa shape index (κ1) is 14.6. The van der Waals surface area contributed by atoms with E-state index in [4.69, 9.17) is 0 Å². The Morgan fingerprint density at radius 2 is 1.21 bits per heavy atom. The maximum atomic E-state index is 10.3. The molecule has 86 valence electrons. The van der Waals surface area contributed by atoms with Gasteiger partial charge in [-0.3, -0.25) is 0 Å². The molecule has 0 spiro atoms. The predicted molar refractivity (Wildman–Crippen MR) is 40.6 cm³/mol. The lowest BCUT2D eigenvalue weighted by Crippen LogP contribution is -2.47. The molecular weight excluding hydrogens is 232 g/mol. The van der Waals surface area contributed by atoms with Gasteiger partial charge in [0.25, 0.3) is 0 Å². The highest BCUT2D eigenvalue weighted by Gasteiger charge is 2.12. The molecule has 0 heterocycles. The third kappa shape index (κ3) is 9.15. The first-order valence-electron chi connectivity index (χ1n) is 3.88. The molecule has 0 N–H and O–H groups in total. The van der Waals surface area contributed by atoms with Gasteiger partial charge in [-0.25, -0.2) is 4.90 Å². The van der Waals surface area contributed by atoms with Crippen LogP contribution in [0.2, 0.25) is 0 Å². The van der Waals surface area contributed by atoms with Gasteiger partial charge >= 0.3 is 0 Å². The Labute approximate surface area is 83.4 Å². The van der Waals surface area contributed by atoms with E-state index in [1.54, 1.807) is 6.92 Å². The van der Waals surface area contributed by atoms with E-state index in [0.29, 0.717) is 6.42 Å². The van der Waals surface area contributed by atoms with Crippen molar-refractivity contribution in [2.24, 2.45) is 0 Å². The summed E-state index contributed by atoms with van der Waals surface area (Å²) < 4.78 is 0. The summed E-state index contributed by atoms with van der Waals surface area (Å²) in [6.45, 7) is 1.76. The molecule has 0 saturated heterocycles. The van der Waals surface area contributed by atoms with Gasteiger partial charge in [0.15, 0.2) is 0 Å². The number of nitrogens with zero attached hydrogens (tertiary/aromatic N) is 1. The van der Waals surface area contributed by atoms with Gasteiger partial charge in [0.2, 0.25) is 0 Å². The number of hydrogen-bond acceptors (Lipinski definition) is 7. The van der Waals surface area contributed by atoms with E-state index in [1.807, 2.05) is 0 Å². The average molecular weight is 243 g/mol. The molecule has 0 aromatic carbocycles. The van der Waals surface area contributed by atoms with Crippen molar-refractivity contribution >= 4 is 15.9 Å². The molecule has 0 aliphatic rings. The van der Waals surface area contributed by atoms with Crippen LogP contribution < -0.4 is 29.4 Å². The van der Waals surface area contributed by atoms with Crippen LogP contribution in [0.4, 0.5) is 0 Å². The van der Waals surface area contributed by atoms with Crippen molar-refractivity contribution in [3.63, 3.8) is 0 Å². The normalized spacial score (nSPS) is 13.7. The van der Waals surface area contributed by atoms with Gasteiger partial charge in [-0.15, -0.1) is 15.9 Å². The van der Waals surface area contributed by atoms with Gasteiger partial charge in [0.05, 0.1) is 12.6 Å². The van der Waals surface area contributed by atoms with E-state index >= 15 is 0 Å². The molecule has 0 aromatic heterocycles. The van der Waals surface area contributed by atoms with Crippen LogP contribution >= 0.6 is 15.9 Å². The van der Waals surface area contributed by atoms with Gasteiger partial charge in [-0.2, -0.15) is 0 Å². The summed E-state index contributed by atoms with van der Waals surface area (Å²) in [5, 5.41) is 0. The SMILES string of the molecule is CCCN(C[P+]([O-])([O-])[O-])C[P+]([O-])([O-])[O-]. The van der Waals surface area contributed by atoms with Gasteiger partial charge < -0.3 is 29.4 Å².